The number of hydrogen-bond acceptors (Lipinski definition) is 4. The van der Waals surface area contributed by atoms with Crippen LogP contribution in [0, 0.1) is 0 Å². The molecule has 0 aromatic carbocycles. The Morgan fingerprint density at radius 3 is 2.78 bits per heavy atom. The first-order chi connectivity index (χ1) is 8.72. The van der Waals surface area contributed by atoms with Crippen LogP contribution in [0.4, 0.5) is 5.82 Å². The predicted octanol–water partition coefficient (Wildman–Crippen LogP) is 2.15. The lowest BCUT2D eigenvalue weighted by molar-refractivity contribution is 0.360. The van der Waals surface area contributed by atoms with Gasteiger partial charge in [-0.25, -0.2) is 9.97 Å². The van der Waals surface area contributed by atoms with Gasteiger partial charge in [0.25, 0.3) is 0 Å². The molecule has 2 fully saturated rings. The molecule has 0 radical (unpaired) electrons. The van der Waals surface area contributed by atoms with Crippen LogP contribution in [0.15, 0.2) is 6.07 Å². The lowest BCUT2D eigenvalue weighted by atomic mass is 10.3. The summed E-state index contributed by atoms with van der Waals surface area (Å²) in [7, 11) is 2.17. The molecule has 1 saturated heterocycles. The molecule has 0 amide bonds. The molecular weight excluding hydrogens is 248 g/mol. The van der Waals surface area contributed by atoms with Crippen LogP contribution in [0.1, 0.15) is 31.0 Å². The lowest BCUT2D eigenvalue weighted by Crippen LogP contribution is -2.29. The van der Waals surface area contributed by atoms with Gasteiger partial charge in [0.1, 0.15) is 16.8 Å². The highest BCUT2D eigenvalue weighted by Crippen LogP contribution is 2.39. The van der Waals surface area contributed by atoms with E-state index in [0.717, 1.165) is 37.8 Å². The Bertz CT molecular complexity index is 433. The third-order valence-electron chi connectivity index (χ3n) is 3.68. The summed E-state index contributed by atoms with van der Waals surface area (Å²) in [6.45, 7) is 4.32. The molecule has 0 unspecified atom stereocenters. The Morgan fingerprint density at radius 2 is 2.00 bits per heavy atom. The molecule has 1 aromatic heterocycles. The summed E-state index contributed by atoms with van der Waals surface area (Å²) in [5.41, 5.74) is 0. The third kappa shape index (κ3) is 2.75. The lowest BCUT2D eigenvalue weighted by Gasteiger charge is -2.22. The van der Waals surface area contributed by atoms with Crippen molar-refractivity contribution in [3.05, 3.63) is 17.0 Å². The molecule has 0 spiro atoms. The van der Waals surface area contributed by atoms with Crippen LogP contribution in [-0.2, 0) is 0 Å². The van der Waals surface area contributed by atoms with Gasteiger partial charge >= 0.3 is 0 Å². The van der Waals surface area contributed by atoms with E-state index in [0.29, 0.717) is 11.1 Å². The molecule has 1 aromatic rings. The summed E-state index contributed by atoms with van der Waals surface area (Å²) in [4.78, 5) is 13.7. The quantitative estimate of drug-likeness (QED) is 0.768. The molecule has 4 nitrogen and oxygen atoms in total. The smallest absolute Gasteiger partial charge is 0.135 e. The van der Waals surface area contributed by atoms with Gasteiger partial charge in [-0.2, -0.15) is 0 Å². The van der Waals surface area contributed by atoms with Crippen LogP contribution >= 0.6 is 11.6 Å². The zero-order valence-electron chi connectivity index (χ0n) is 10.8. The van der Waals surface area contributed by atoms with E-state index >= 15 is 0 Å². The Morgan fingerprint density at radius 1 is 1.17 bits per heavy atom. The summed E-state index contributed by atoms with van der Waals surface area (Å²) in [6, 6.07) is 1.90. The molecule has 1 aliphatic heterocycles. The van der Waals surface area contributed by atoms with Gasteiger partial charge in [0.05, 0.1) is 0 Å². The molecule has 3 rings (SSSR count). The van der Waals surface area contributed by atoms with E-state index in [-0.39, 0.29) is 0 Å². The largest absolute Gasteiger partial charge is 0.355 e. The average molecular weight is 267 g/mol. The van der Waals surface area contributed by atoms with Crippen LogP contribution in [0.5, 0.6) is 0 Å². The maximum Gasteiger partial charge on any atom is 0.135 e. The summed E-state index contributed by atoms with van der Waals surface area (Å²) in [5.74, 6) is 2.50. The van der Waals surface area contributed by atoms with Crippen LogP contribution in [0.2, 0.25) is 5.15 Å². The molecule has 5 heteroatoms. The highest BCUT2D eigenvalue weighted by Gasteiger charge is 2.28. The van der Waals surface area contributed by atoms with E-state index in [4.69, 9.17) is 16.6 Å². The molecule has 98 valence electrons. The van der Waals surface area contributed by atoms with Crippen LogP contribution in [-0.4, -0.2) is 48.1 Å². The first kappa shape index (κ1) is 12.2. The van der Waals surface area contributed by atoms with Crippen molar-refractivity contribution in [2.45, 2.75) is 25.2 Å². The van der Waals surface area contributed by atoms with Gasteiger partial charge < -0.3 is 9.80 Å². The van der Waals surface area contributed by atoms with Crippen LogP contribution < -0.4 is 4.90 Å². The van der Waals surface area contributed by atoms with Crippen LogP contribution in [0.25, 0.3) is 0 Å². The van der Waals surface area contributed by atoms with Gasteiger partial charge in [-0.3, -0.25) is 0 Å². The molecule has 2 aliphatic rings. The zero-order valence-corrected chi connectivity index (χ0v) is 11.5. The molecular formula is C13H19ClN4. The van der Waals surface area contributed by atoms with Gasteiger partial charge in [0, 0.05) is 31.6 Å². The molecule has 1 saturated carbocycles. The van der Waals surface area contributed by atoms with E-state index in [1.54, 1.807) is 0 Å². The van der Waals surface area contributed by atoms with Gasteiger partial charge in [-0.1, -0.05) is 11.6 Å². The van der Waals surface area contributed by atoms with Crippen molar-refractivity contribution in [1.82, 2.24) is 14.9 Å². The Labute approximate surface area is 113 Å². The fourth-order valence-corrected chi connectivity index (χ4v) is 2.57. The maximum absolute atomic E-state index is 6.12. The van der Waals surface area contributed by atoms with Crippen molar-refractivity contribution in [3.8, 4) is 0 Å². The molecule has 1 aliphatic carbocycles. The zero-order chi connectivity index (χ0) is 12.5. The number of aromatic nitrogens is 2. The highest BCUT2D eigenvalue weighted by molar-refractivity contribution is 6.29. The molecule has 0 bridgehead atoms. The van der Waals surface area contributed by atoms with Gasteiger partial charge in [-0.15, -0.1) is 0 Å². The number of likely N-dealkylation sites (N-methyl/N-ethyl adjacent to an activating group) is 1. The van der Waals surface area contributed by atoms with E-state index in [1.807, 2.05) is 6.07 Å². The number of rotatable bonds is 2. The minimum atomic E-state index is 0.553. The van der Waals surface area contributed by atoms with E-state index in [9.17, 15) is 0 Å². The topological polar surface area (TPSA) is 32.3 Å². The fourth-order valence-electron chi connectivity index (χ4n) is 2.38. The molecule has 0 atom stereocenters. The molecule has 2 heterocycles. The number of halogens is 1. The van der Waals surface area contributed by atoms with Gasteiger partial charge in [0.15, 0.2) is 0 Å². The number of nitrogens with zero attached hydrogens (tertiary/aromatic N) is 4. The van der Waals surface area contributed by atoms with Crippen molar-refractivity contribution >= 4 is 17.4 Å². The number of hydrogen-bond donors (Lipinski definition) is 0. The second-order valence-corrected chi connectivity index (χ2v) is 5.71. The van der Waals surface area contributed by atoms with E-state index in [2.05, 4.69) is 21.8 Å². The summed E-state index contributed by atoms with van der Waals surface area (Å²) >= 11 is 6.12. The SMILES string of the molecule is CN1CCCN(c2cc(Cl)nc(C3CC3)n2)CC1. The van der Waals surface area contributed by atoms with Crippen molar-refractivity contribution in [2.75, 3.05) is 38.1 Å². The highest BCUT2D eigenvalue weighted by atomic mass is 35.5. The first-order valence-electron chi connectivity index (χ1n) is 6.70. The second kappa shape index (κ2) is 5.02. The Kier molecular flexibility index (Phi) is 3.39. The van der Waals surface area contributed by atoms with Crippen molar-refractivity contribution in [1.29, 1.82) is 0 Å². The maximum atomic E-state index is 6.12. The van der Waals surface area contributed by atoms with Crippen LogP contribution in [0.3, 0.4) is 0 Å². The monoisotopic (exact) mass is 266 g/mol. The van der Waals surface area contributed by atoms with Crippen molar-refractivity contribution in [2.24, 2.45) is 0 Å². The molecule has 18 heavy (non-hydrogen) atoms. The van der Waals surface area contributed by atoms with E-state index in [1.165, 1.54) is 19.3 Å². The van der Waals surface area contributed by atoms with Gasteiger partial charge in [-0.05, 0) is 32.9 Å². The first-order valence-corrected chi connectivity index (χ1v) is 7.08. The minimum Gasteiger partial charge on any atom is -0.355 e. The fraction of sp³-hybridized carbons (Fsp3) is 0.692. The predicted molar refractivity (Wildman–Crippen MR) is 73.3 cm³/mol. The minimum absolute atomic E-state index is 0.553. The van der Waals surface area contributed by atoms with Gasteiger partial charge in [0.2, 0.25) is 0 Å². The summed E-state index contributed by atoms with van der Waals surface area (Å²) in [5, 5.41) is 0.583. The van der Waals surface area contributed by atoms with Crippen molar-refractivity contribution < 1.29 is 0 Å². The summed E-state index contributed by atoms with van der Waals surface area (Å²) in [6.07, 6.45) is 3.60. The van der Waals surface area contributed by atoms with E-state index < -0.39 is 0 Å². The standard InChI is InChI=1S/C13H19ClN4/c1-17-5-2-6-18(8-7-17)12-9-11(14)15-13(16-12)10-3-4-10/h9-10H,2-8H2,1H3. The second-order valence-electron chi connectivity index (χ2n) is 5.33. The average Bonchev–Trinajstić information content (AvgIpc) is 3.15. The molecule has 0 N–H and O–H groups in total. The number of anilines is 1. The summed E-state index contributed by atoms with van der Waals surface area (Å²) < 4.78 is 0. The third-order valence-corrected chi connectivity index (χ3v) is 3.88. The Balaban J connectivity index is 1.81. The Hall–Kier alpha value is -0.870. The van der Waals surface area contributed by atoms with Crippen molar-refractivity contribution in [3.63, 3.8) is 0 Å². The normalized spacial score (nSPS) is 22.0.